The first-order valence-corrected chi connectivity index (χ1v) is 5.89. The van der Waals surface area contributed by atoms with Gasteiger partial charge in [0.1, 0.15) is 0 Å². The Bertz CT molecular complexity index is 144. The van der Waals surface area contributed by atoms with Crippen molar-refractivity contribution >= 4 is 0 Å². The summed E-state index contributed by atoms with van der Waals surface area (Å²) < 4.78 is 0. The number of piperazine rings is 1. The van der Waals surface area contributed by atoms with Crippen molar-refractivity contribution in [2.75, 3.05) is 39.3 Å². The van der Waals surface area contributed by atoms with E-state index in [1.54, 1.807) is 0 Å². The van der Waals surface area contributed by atoms with E-state index in [1.165, 1.54) is 0 Å². The molecule has 1 N–H and O–H groups in total. The van der Waals surface area contributed by atoms with E-state index in [-0.39, 0.29) is 6.10 Å². The fourth-order valence-electron chi connectivity index (χ4n) is 2.01. The highest BCUT2D eigenvalue weighted by Crippen LogP contribution is 2.04. The summed E-state index contributed by atoms with van der Waals surface area (Å²) in [4.78, 5) is 4.84. The minimum Gasteiger partial charge on any atom is -0.392 e. The molecular weight excluding hydrogens is 176 g/mol. The fraction of sp³-hybridized carbons (Fsp3) is 1.00. The largest absolute Gasteiger partial charge is 0.392 e. The van der Waals surface area contributed by atoms with Crippen molar-refractivity contribution in [2.24, 2.45) is 0 Å². The van der Waals surface area contributed by atoms with Crippen LogP contribution in [0.3, 0.4) is 0 Å². The second-order valence-electron chi connectivity index (χ2n) is 4.18. The van der Waals surface area contributed by atoms with Crippen molar-refractivity contribution in [3.05, 3.63) is 0 Å². The molecule has 1 heterocycles. The molecule has 3 nitrogen and oxygen atoms in total. The molecule has 1 aliphatic rings. The zero-order valence-corrected chi connectivity index (χ0v) is 9.58. The first-order valence-electron chi connectivity index (χ1n) is 5.89. The number of aliphatic hydroxyl groups is 1. The Kier molecular flexibility index (Phi) is 5.45. The third kappa shape index (κ3) is 3.95. The van der Waals surface area contributed by atoms with Crippen molar-refractivity contribution in [1.29, 1.82) is 0 Å². The average Bonchev–Trinajstić information content (AvgIpc) is 2.19. The minimum atomic E-state index is -0.117. The normalized spacial score (nSPS) is 22.5. The van der Waals surface area contributed by atoms with Gasteiger partial charge in [0.2, 0.25) is 0 Å². The summed E-state index contributed by atoms with van der Waals surface area (Å²) in [7, 11) is 0. The van der Waals surface area contributed by atoms with Crippen LogP contribution in [0.15, 0.2) is 0 Å². The lowest BCUT2D eigenvalue weighted by Gasteiger charge is -2.34. The van der Waals surface area contributed by atoms with Gasteiger partial charge in [-0.05, 0) is 13.0 Å². The monoisotopic (exact) mass is 200 g/mol. The maximum atomic E-state index is 9.67. The number of β-amino-alcohol motifs (C(OH)–C–C–N with tert-alkyl or cyclic N) is 1. The molecule has 1 aliphatic heterocycles. The van der Waals surface area contributed by atoms with Crippen LogP contribution >= 0.6 is 0 Å². The maximum absolute atomic E-state index is 9.67. The summed E-state index contributed by atoms with van der Waals surface area (Å²) in [5.74, 6) is 0. The molecule has 0 spiro atoms. The van der Waals surface area contributed by atoms with E-state index in [0.717, 1.165) is 52.1 Å². The molecule has 1 saturated heterocycles. The fourth-order valence-corrected chi connectivity index (χ4v) is 2.01. The van der Waals surface area contributed by atoms with E-state index < -0.39 is 0 Å². The van der Waals surface area contributed by atoms with Crippen LogP contribution in [0.4, 0.5) is 0 Å². The molecule has 0 aliphatic carbocycles. The molecule has 84 valence electrons. The highest BCUT2D eigenvalue weighted by Gasteiger charge is 2.17. The standard InChI is InChI=1S/C11H24N2O/c1-3-5-11(14)10-13-8-6-12(4-2)7-9-13/h11,14H,3-10H2,1-2H3. The molecule has 0 amide bonds. The van der Waals surface area contributed by atoms with E-state index in [9.17, 15) is 5.11 Å². The third-order valence-electron chi connectivity index (χ3n) is 3.00. The predicted molar refractivity (Wildman–Crippen MR) is 59.5 cm³/mol. The van der Waals surface area contributed by atoms with Crippen LogP contribution in [-0.2, 0) is 0 Å². The second kappa shape index (κ2) is 6.38. The Hall–Kier alpha value is -0.120. The smallest absolute Gasteiger partial charge is 0.0667 e. The minimum absolute atomic E-state index is 0.117. The van der Waals surface area contributed by atoms with Gasteiger partial charge in [0.15, 0.2) is 0 Å². The van der Waals surface area contributed by atoms with Crippen molar-refractivity contribution < 1.29 is 5.11 Å². The number of aliphatic hydroxyl groups excluding tert-OH is 1. The summed E-state index contributed by atoms with van der Waals surface area (Å²) >= 11 is 0. The van der Waals surface area contributed by atoms with Gasteiger partial charge in [0.25, 0.3) is 0 Å². The second-order valence-corrected chi connectivity index (χ2v) is 4.18. The lowest BCUT2D eigenvalue weighted by Crippen LogP contribution is -2.48. The van der Waals surface area contributed by atoms with Crippen LogP contribution < -0.4 is 0 Å². The van der Waals surface area contributed by atoms with Crippen LogP contribution in [0.1, 0.15) is 26.7 Å². The summed E-state index contributed by atoms with van der Waals surface area (Å²) in [6, 6.07) is 0. The summed E-state index contributed by atoms with van der Waals surface area (Å²) in [5, 5.41) is 9.67. The molecule has 0 aromatic heterocycles. The van der Waals surface area contributed by atoms with Crippen LogP contribution in [0.25, 0.3) is 0 Å². The van der Waals surface area contributed by atoms with Crippen LogP contribution in [0.2, 0.25) is 0 Å². The van der Waals surface area contributed by atoms with Crippen LogP contribution in [-0.4, -0.2) is 60.3 Å². The van der Waals surface area contributed by atoms with Gasteiger partial charge in [0, 0.05) is 32.7 Å². The van der Waals surface area contributed by atoms with E-state index in [2.05, 4.69) is 23.6 Å². The van der Waals surface area contributed by atoms with E-state index in [4.69, 9.17) is 0 Å². The topological polar surface area (TPSA) is 26.7 Å². The Morgan fingerprint density at radius 1 is 1.07 bits per heavy atom. The van der Waals surface area contributed by atoms with Gasteiger partial charge in [0.05, 0.1) is 6.10 Å². The first-order chi connectivity index (χ1) is 6.76. The third-order valence-corrected chi connectivity index (χ3v) is 3.00. The first kappa shape index (κ1) is 12.0. The number of rotatable bonds is 5. The SMILES string of the molecule is CCCC(O)CN1CCN(CC)CC1. The number of hydrogen-bond acceptors (Lipinski definition) is 3. The molecular formula is C11H24N2O. The Morgan fingerprint density at radius 2 is 1.64 bits per heavy atom. The maximum Gasteiger partial charge on any atom is 0.0667 e. The molecule has 0 radical (unpaired) electrons. The zero-order chi connectivity index (χ0) is 10.4. The Morgan fingerprint density at radius 3 is 2.14 bits per heavy atom. The quantitative estimate of drug-likeness (QED) is 0.710. The van der Waals surface area contributed by atoms with Crippen LogP contribution in [0.5, 0.6) is 0 Å². The lowest BCUT2D eigenvalue weighted by molar-refractivity contribution is 0.0700. The molecule has 1 fully saturated rings. The van der Waals surface area contributed by atoms with Gasteiger partial charge < -0.3 is 10.0 Å². The van der Waals surface area contributed by atoms with E-state index in [1.807, 2.05) is 0 Å². The number of hydrogen-bond donors (Lipinski definition) is 1. The summed E-state index contributed by atoms with van der Waals surface area (Å²) in [6.07, 6.45) is 1.90. The molecule has 0 saturated carbocycles. The molecule has 3 heteroatoms. The van der Waals surface area contributed by atoms with Crippen LogP contribution in [0, 0.1) is 0 Å². The molecule has 0 aromatic carbocycles. The van der Waals surface area contributed by atoms with E-state index in [0.29, 0.717) is 0 Å². The number of nitrogens with zero attached hydrogens (tertiary/aromatic N) is 2. The predicted octanol–water partition coefficient (Wildman–Crippen LogP) is 0.785. The molecule has 0 bridgehead atoms. The van der Waals surface area contributed by atoms with Crippen molar-refractivity contribution in [3.8, 4) is 0 Å². The van der Waals surface area contributed by atoms with Gasteiger partial charge in [-0.1, -0.05) is 20.3 Å². The zero-order valence-electron chi connectivity index (χ0n) is 9.58. The van der Waals surface area contributed by atoms with Crippen molar-refractivity contribution in [3.63, 3.8) is 0 Å². The molecule has 1 unspecified atom stereocenters. The summed E-state index contributed by atoms with van der Waals surface area (Å²) in [5.41, 5.74) is 0. The number of likely N-dealkylation sites (N-methyl/N-ethyl adjacent to an activating group) is 1. The molecule has 14 heavy (non-hydrogen) atoms. The van der Waals surface area contributed by atoms with Gasteiger partial charge in [-0.2, -0.15) is 0 Å². The van der Waals surface area contributed by atoms with Crippen molar-refractivity contribution in [2.45, 2.75) is 32.8 Å². The highest BCUT2D eigenvalue weighted by atomic mass is 16.3. The Balaban J connectivity index is 2.15. The molecule has 1 atom stereocenters. The van der Waals surface area contributed by atoms with Gasteiger partial charge in [-0.15, -0.1) is 0 Å². The van der Waals surface area contributed by atoms with Gasteiger partial charge in [-0.3, -0.25) is 4.90 Å². The molecule has 0 aromatic rings. The lowest BCUT2D eigenvalue weighted by atomic mass is 10.2. The highest BCUT2D eigenvalue weighted by molar-refractivity contribution is 4.73. The van der Waals surface area contributed by atoms with Gasteiger partial charge in [-0.25, -0.2) is 0 Å². The van der Waals surface area contributed by atoms with Gasteiger partial charge >= 0.3 is 0 Å². The van der Waals surface area contributed by atoms with Crippen molar-refractivity contribution in [1.82, 2.24) is 9.80 Å². The molecule has 1 rings (SSSR count). The average molecular weight is 200 g/mol. The Labute approximate surface area is 87.7 Å². The van der Waals surface area contributed by atoms with E-state index >= 15 is 0 Å². The summed E-state index contributed by atoms with van der Waals surface area (Å²) in [6.45, 7) is 10.9.